The molecule has 4 heteroatoms. The van der Waals surface area contributed by atoms with Crippen molar-refractivity contribution in [1.82, 2.24) is 4.98 Å². The van der Waals surface area contributed by atoms with Crippen LogP contribution in [0.15, 0.2) is 0 Å². The van der Waals surface area contributed by atoms with E-state index in [4.69, 9.17) is 17.3 Å². The van der Waals surface area contributed by atoms with E-state index in [9.17, 15) is 0 Å². The Hall–Kier alpha value is -0.280. The summed E-state index contributed by atoms with van der Waals surface area (Å²) >= 11 is 7.39. The molecule has 0 aliphatic rings. The maximum atomic E-state index is 5.89. The van der Waals surface area contributed by atoms with E-state index in [0.717, 1.165) is 17.7 Å². The van der Waals surface area contributed by atoms with Crippen molar-refractivity contribution in [3.63, 3.8) is 0 Å². The highest BCUT2D eigenvalue weighted by atomic mass is 35.5. The Labute approximate surface area is 81.8 Å². The molecule has 1 aromatic rings. The maximum absolute atomic E-state index is 5.89. The van der Waals surface area contributed by atoms with Gasteiger partial charge in [-0.15, -0.1) is 11.3 Å². The minimum Gasteiger partial charge on any atom is -0.375 e. The summed E-state index contributed by atoms with van der Waals surface area (Å²) < 4.78 is 0. The van der Waals surface area contributed by atoms with Gasteiger partial charge in [0.1, 0.15) is 5.15 Å². The van der Waals surface area contributed by atoms with Crippen molar-refractivity contribution >= 4 is 28.1 Å². The molecule has 0 radical (unpaired) electrons. The molecule has 68 valence electrons. The Morgan fingerprint density at radius 2 is 2.33 bits per heavy atom. The molecule has 1 heterocycles. The van der Waals surface area contributed by atoms with E-state index >= 15 is 0 Å². The van der Waals surface area contributed by atoms with Gasteiger partial charge in [-0.1, -0.05) is 31.9 Å². The minimum atomic E-state index is 0.484. The molecule has 12 heavy (non-hydrogen) atoms. The summed E-state index contributed by atoms with van der Waals surface area (Å²) in [6, 6.07) is 0. The molecule has 1 rings (SSSR count). The van der Waals surface area contributed by atoms with Crippen molar-refractivity contribution in [3.8, 4) is 0 Å². The van der Waals surface area contributed by atoms with Gasteiger partial charge < -0.3 is 5.73 Å². The molecule has 0 aliphatic heterocycles. The number of nitrogen functional groups attached to an aromatic ring is 1. The summed E-state index contributed by atoms with van der Waals surface area (Å²) in [6.45, 7) is 4.32. The Morgan fingerprint density at radius 3 is 2.75 bits per heavy atom. The third kappa shape index (κ3) is 2.11. The predicted octanol–water partition coefficient (Wildman–Crippen LogP) is 3.28. The second-order valence-electron chi connectivity index (χ2n) is 2.90. The largest absolute Gasteiger partial charge is 0.375 e. The lowest BCUT2D eigenvalue weighted by atomic mass is 10.1. The van der Waals surface area contributed by atoms with Gasteiger partial charge in [0.05, 0.1) is 0 Å². The summed E-state index contributed by atoms with van der Waals surface area (Å²) in [5.74, 6) is 0.484. The quantitative estimate of drug-likeness (QED) is 0.821. The van der Waals surface area contributed by atoms with E-state index in [1.54, 1.807) is 0 Å². The lowest BCUT2D eigenvalue weighted by Gasteiger charge is -2.05. The standard InChI is InChI=1S/C8H13ClN2S/c1-3-4-5(2)6-7(9)11-8(10)12-6/h5H,3-4H2,1-2H3,(H2,10,11). The van der Waals surface area contributed by atoms with Crippen molar-refractivity contribution in [2.24, 2.45) is 0 Å². The molecule has 1 unspecified atom stereocenters. The Balaban J connectivity index is 2.79. The van der Waals surface area contributed by atoms with E-state index in [2.05, 4.69) is 18.8 Å². The Kier molecular flexibility index (Phi) is 3.35. The lowest BCUT2D eigenvalue weighted by molar-refractivity contribution is 0.674. The molecule has 0 spiro atoms. The second-order valence-corrected chi connectivity index (χ2v) is 4.32. The van der Waals surface area contributed by atoms with Crippen LogP contribution >= 0.6 is 22.9 Å². The van der Waals surface area contributed by atoms with Crippen LogP contribution in [0.2, 0.25) is 5.15 Å². The molecule has 0 aliphatic carbocycles. The zero-order chi connectivity index (χ0) is 9.14. The molecule has 0 saturated carbocycles. The highest BCUT2D eigenvalue weighted by Crippen LogP contribution is 2.33. The predicted molar refractivity (Wildman–Crippen MR) is 54.9 cm³/mol. The summed E-state index contributed by atoms with van der Waals surface area (Å²) in [5, 5.41) is 1.15. The highest BCUT2D eigenvalue weighted by molar-refractivity contribution is 7.16. The van der Waals surface area contributed by atoms with Crippen molar-refractivity contribution in [2.75, 3.05) is 5.73 Å². The molecule has 0 fully saturated rings. The molecular weight excluding hydrogens is 192 g/mol. The van der Waals surface area contributed by atoms with Crippen LogP contribution in [0.25, 0.3) is 0 Å². The fourth-order valence-electron chi connectivity index (χ4n) is 1.20. The van der Waals surface area contributed by atoms with Gasteiger partial charge in [-0.3, -0.25) is 0 Å². The van der Waals surface area contributed by atoms with Crippen LogP contribution in [-0.4, -0.2) is 4.98 Å². The molecule has 0 bridgehead atoms. The summed E-state index contributed by atoms with van der Waals surface area (Å²) in [7, 11) is 0. The number of rotatable bonds is 3. The molecule has 2 nitrogen and oxygen atoms in total. The first-order valence-electron chi connectivity index (χ1n) is 4.06. The van der Waals surface area contributed by atoms with Gasteiger partial charge in [-0.25, -0.2) is 4.98 Å². The average Bonchev–Trinajstić information content (AvgIpc) is 2.30. The molecule has 1 aromatic heterocycles. The molecule has 2 N–H and O–H groups in total. The molecule has 1 atom stereocenters. The van der Waals surface area contributed by atoms with Crippen molar-refractivity contribution in [1.29, 1.82) is 0 Å². The highest BCUT2D eigenvalue weighted by Gasteiger charge is 2.13. The number of halogens is 1. The fourth-order valence-corrected chi connectivity index (χ4v) is 2.45. The van der Waals surface area contributed by atoms with Crippen LogP contribution in [0.4, 0.5) is 5.13 Å². The molecular formula is C8H13ClN2S. The summed E-state index contributed by atoms with van der Waals surface area (Å²) in [4.78, 5) is 5.10. The average molecular weight is 205 g/mol. The van der Waals surface area contributed by atoms with Crippen LogP contribution in [-0.2, 0) is 0 Å². The zero-order valence-corrected chi connectivity index (χ0v) is 8.87. The zero-order valence-electron chi connectivity index (χ0n) is 7.30. The Bertz CT molecular complexity index is 260. The fraction of sp³-hybridized carbons (Fsp3) is 0.625. The third-order valence-electron chi connectivity index (χ3n) is 1.80. The lowest BCUT2D eigenvalue weighted by Crippen LogP contribution is -1.89. The number of thiazole rings is 1. The van der Waals surface area contributed by atoms with E-state index < -0.39 is 0 Å². The topological polar surface area (TPSA) is 38.9 Å². The van der Waals surface area contributed by atoms with Crippen LogP contribution < -0.4 is 5.73 Å². The van der Waals surface area contributed by atoms with Gasteiger partial charge in [-0.05, 0) is 12.3 Å². The number of nitrogens with two attached hydrogens (primary N) is 1. The Morgan fingerprint density at radius 1 is 1.67 bits per heavy atom. The van der Waals surface area contributed by atoms with E-state index in [-0.39, 0.29) is 0 Å². The second kappa shape index (κ2) is 4.10. The first-order chi connectivity index (χ1) is 5.65. The first kappa shape index (κ1) is 9.81. The van der Waals surface area contributed by atoms with E-state index in [1.807, 2.05) is 0 Å². The van der Waals surface area contributed by atoms with Gasteiger partial charge in [0.15, 0.2) is 5.13 Å². The van der Waals surface area contributed by atoms with Crippen LogP contribution in [0, 0.1) is 0 Å². The number of nitrogens with zero attached hydrogens (tertiary/aromatic N) is 1. The number of hydrogen-bond acceptors (Lipinski definition) is 3. The minimum absolute atomic E-state index is 0.484. The van der Waals surface area contributed by atoms with Gasteiger partial charge in [-0.2, -0.15) is 0 Å². The first-order valence-corrected chi connectivity index (χ1v) is 5.26. The normalized spacial score (nSPS) is 13.2. The maximum Gasteiger partial charge on any atom is 0.181 e. The van der Waals surface area contributed by atoms with Gasteiger partial charge >= 0.3 is 0 Å². The number of hydrogen-bond donors (Lipinski definition) is 1. The van der Waals surface area contributed by atoms with Gasteiger partial charge in [0.2, 0.25) is 0 Å². The van der Waals surface area contributed by atoms with E-state index in [0.29, 0.717) is 16.2 Å². The number of aromatic nitrogens is 1. The molecule has 0 saturated heterocycles. The SMILES string of the molecule is CCCC(C)c1sc(N)nc1Cl. The molecule has 0 amide bonds. The molecule has 0 aromatic carbocycles. The monoisotopic (exact) mass is 204 g/mol. The van der Waals surface area contributed by atoms with Crippen LogP contribution in [0.5, 0.6) is 0 Å². The van der Waals surface area contributed by atoms with Crippen molar-refractivity contribution < 1.29 is 0 Å². The van der Waals surface area contributed by atoms with Crippen molar-refractivity contribution in [2.45, 2.75) is 32.6 Å². The van der Waals surface area contributed by atoms with Gasteiger partial charge in [0.25, 0.3) is 0 Å². The third-order valence-corrected chi connectivity index (χ3v) is 3.31. The van der Waals surface area contributed by atoms with Gasteiger partial charge in [0, 0.05) is 4.88 Å². The summed E-state index contributed by atoms with van der Waals surface area (Å²) in [5.41, 5.74) is 5.54. The van der Waals surface area contributed by atoms with Crippen LogP contribution in [0.1, 0.15) is 37.5 Å². The number of anilines is 1. The summed E-state index contributed by atoms with van der Waals surface area (Å²) in [6.07, 6.45) is 2.30. The van der Waals surface area contributed by atoms with Crippen LogP contribution in [0.3, 0.4) is 0 Å². The van der Waals surface area contributed by atoms with E-state index in [1.165, 1.54) is 11.3 Å². The smallest absolute Gasteiger partial charge is 0.181 e. The van der Waals surface area contributed by atoms with Crippen molar-refractivity contribution in [3.05, 3.63) is 10.0 Å².